The minimum absolute atomic E-state index is 0.353. The Kier molecular flexibility index (Phi) is 4.17. The summed E-state index contributed by atoms with van der Waals surface area (Å²) in [6.45, 7) is 3.92. The quantitative estimate of drug-likeness (QED) is 0.883. The van der Waals surface area contributed by atoms with Crippen LogP contribution in [0.1, 0.15) is 16.0 Å². The fourth-order valence-corrected chi connectivity index (χ4v) is 4.64. The standard InChI is InChI=1S/C14H18N2O2S2/c1-10-7-12(15)8-11(2)14(10)20(17,18)16(3)9-13-5-4-6-19-13/h4-8H,9,15H2,1-3H3. The van der Waals surface area contributed by atoms with Crippen molar-refractivity contribution in [3.63, 3.8) is 0 Å². The van der Waals surface area contributed by atoms with E-state index in [9.17, 15) is 8.42 Å². The van der Waals surface area contributed by atoms with Gasteiger partial charge in [-0.2, -0.15) is 4.31 Å². The Morgan fingerprint density at radius 2 is 1.85 bits per heavy atom. The van der Waals surface area contributed by atoms with E-state index in [1.165, 1.54) is 4.31 Å². The third-order valence-corrected chi connectivity index (χ3v) is 6.08. The van der Waals surface area contributed by atoms with Crippen LogP contribution in [0.5, 0.6) is 0 Å². The Labute approximate surface area is 123 Å². The lowest BCUT2D eigenvalue weighted by Crippen LogP contribution is -2.27. The lowest BCUT2D eigenvalue weighted by atomic mass is 10.1. The Hall–Kier alpha value is -1.37. The van der Waals surface area contributed by atoms with Gasteiger partial charge in [0.15, 0.2) is 0 Å². The van der Waals surface area contributed by atoms with Crippen molar-refractivity contribution in [2.45, 2.75) is 25.3 Å². The van der Waals surface area contributed by atoms with Gasteiger partial charge in [-0.05, 0) is 48.6 Å². The molecule has 4 nitrogen and oxygen atoms in total. The van der Waals surface area contributed by atoms with Gasteiger partial charge >= 0.3 is 0 Å². The lowest BCUT2D eigenvalue weighted by Gasteiger charge is -2.20. The van der Waals surface area contributed by atoms with Crippen LogP contribution in [0.15, 0.2) is 34.5 Å². The van der Waals surface area contributed by atoms with E-state index in [1.54, 1.807) is 44.4 Å². The first-order valence-corrected chi connectivity index (χ1v) is 8.50. The fraction of sp³-hybridized carbons (Fsp3) is 0.286. The van der Waals surface area contributed by atoms with Gasteiger partial charge in [0.05, 0.1) is 4.90 Å². The third kappa shape index (κ3) is 2.87. The van der Waals surface area contributed by atoms with Crippen molar-refractivity contribution in [3.8, 4) is 0 Å². The maximum Gasteiger partial charge on any atom is 0.243 e. The molecule has 0 fully saturated rings. The van der Waals surface area contributed by atoms with E-state index in [0.29, 0.717) is 28.3 Å². The first-order chi connectivity index (χ1) is 9.32. The van der Waals surface area contributed by atoms with E-state index in [0.717, 1.165) is 4.88 Å². The SMILES string of the molecule is Cc1cc(N)cc(C)c1S(=O)(=O)N(C)Cc1cccs1. The highest BCUT2D eigenvalue weighted by molar-refractivity contribution is 7.89. The van der Waals surface area contributed by atoms with Gasteiger partial charge < -0.3 is 5.73 Å². The van der Waals surface area contributed by atoms with Gasteiger partial charge in [0.25, 0.3) is 0 Å². The summed E-state index contributed by atoms with van der Waals surface area (Å²) in [5.41, 5.74) is 7.70. The number of anilines is 1. The summed E-state index contributed by atoms with van der Waals surface area (Å²) in [6.07, 6.45) is 0. The summed E-state index contributed by atoms with van der Waals surface area (Å²) in [5, 5.41) is 1.94. The average Bonchev–Trinajstić information content (AvgIpc) is 2.79. The van der Waals surface area contributed by atoms with Gasteiger partial charge in [-0.15, -0.1) is 11.3 Å². The van der Waals surface area contributed by atoms with Crippen molar-refractivity contribution in [1.82, 2.24) is 4.31 Å². The molecule has 2 N–H and O–H groups in total. The predicted octanol–water partition coefficient (Wildman–Crippen LogP) is 2.77. The van der Waals surface area contributed by atoms with Crippen LogP contribution in [-0.4, -0.2) is 19.8 Å². The maximum absolute atomic E-state index is 12.7. The molecule has 0 unspecified atom stereocenters. The number of hydrogen-bond donors (Lipinski definition) is 1. The molecule has 0 aliphatic heterocycles. The van der Waals surface area contributed by atoms with E-state index in [4.69, 9.17) is 5.73 Å². The molecule has 6 heteroatoms. The zero-order valence-corrected chi connectivity index (χ0v) is 13.4. The molecule has 20 heavy (non-hydrogen) atoms. The van der Waals surface area contributed by atoms with Gasteiger partial charge in [-0.1, -0.05) is 6.07 Å². The second-order valence-corrected chi connectivity index (χ2v) is 7.84. The van der Waals surface area contributed by atoms with Crippen LogP contribution in [0.3, 0.4) is 0 Å². The smallest absolute Gasteiger partial charge is 0.243 e. The number of nitrogens with two attached hydrogens (primary N) is 1. The van der Waals surface area contributed by atoms with Crippen LogP contribution in [-0.2, 0) is 16.6 Å². The van der Waals surface area contributed by atoms with Crippen molar-refractivity contribution in [1.29, 1.82) is 0 Å². The summed E-state index contributed by atoms with van der Waals surface area (Å²) < 4.78 is 26.8. The number of rotatable bonds is 4. The number of aryl methyl sites for hydroxylation is 2. The van der Waals surface area contributed by atoms with Gasteiger partial charge in [-0.3, -0.25) is 0 Å². The number of hydrogen-bond acceptors (Lipinski definition) is 4. The molecule has 0 aliphatic carbocycles. The number of benzene rings is 1. The Balaban J connectivity index is 2.40. The minimum atomic E-state index is -3.51. The first kappa shape index (κ1) is 15.0. The molecule has 0 saturated carbocycles. The highest BCUT2D eigenvalue weighted by atomic mass is 32.2. The van der Waals surface area contributed by atoms with E-state index in [1.807, 2.05) is 17.5 Å². The summed E-state index contributed by atoms with van der Waals surface area (Å²) >= 11 is 1.55. The average molecular weight is 310 g/mol. The monoisotopic (exact) mass is 310 g/mol. The second kappa shape index (κ2) is 5.55. The van der Waals surface area contributed by atoms with Gasteiger partial charge in [0.1, 0.15) is 0 Å². The Bertz CT molecular complexity index is 684. The fourth-order valence-electron chi connectivity index (χ4n) is 2.25. The topological polar surface area (TPSA) is 63.4 Å². The zero-order chi connectivity index (χ0) is 14.9. The number of nitrogens with zero attached hydrogens (tertiary/aromatic N) is 1. The van der Waals surface area contributed by atoms with E-state index in [-0.39, 0.29) is 0 Å². The summed E-state index contributed by atoms with van der Waals surface area (Å²) in [4.78, 5) is 1.37. The summed E-state index contributed by atoms with van der Waals surface area (Å²) in [6, 6.07) is 7.23. The minimum Gasteiger partial charge on any atom is -0.399 e. The highest BCUT2D eigenvalue weighted by Crippen LogP contribution is 2.26. The summed E-state index contributed by atoms with van der Waals surface area (Å²) in [5.74, 6) is 0. The third-order valence-electron chi connectivity index (χ3n) is 3.11. The molecule has 0 bridgehead atoms. The van der Waals surface area contributed by atoms with Crippen molar-refractivity contribution in [2.24, 2.45) is 0 Å². The molecule has 1 heterocycles. The molecule has 0 saturated heterocycles. The molecule has 0 atom stereocenters. The van der Waals surface area contributed by atoms with Gasteiger partial charge in [0, 0.05) is 24.2 Å². The van der Waals surface area contributed by atoms with E-state index in [2.05, 4.69) is 0 Å². The lowest BCUT2D eigenvalue weighted by molar-refractivity contribution is 0.468. The highest BCUT2D eigenvalue weighted by Gasteiger charge is 2.25. The van der Waals surface area contributed by atoms with Crippen LogP contribution in [0, 0.1) is 13.8 Å². The van der Waals surface area contributed by atoms with Crippen molar-refractivity contribution >= 4 is 27.0 Å². The van der Waals surface area contributed by atoms with E-state index >= 15 is 0 Å². The van der Waals surface area contributed by atoms with Gasteiger partial charge in [-0.25, -0.2) is 8.42 Å². The van der Waals surface area contributed by atoms with Crippen LogP contribution in [0.4, 0.5) is 5.69 Å². The Morgan fingerprint density at radius 1 is 1.25 bits per heavy atom. The maximum atomic E-state index is 12.7. The number of sulfonamides is 1. The molecular formula is C14H18N2O2S2. The number of thiophene rings is 1. The molecule has 0 radical (unpaired) electrons. The predicted molar refractivity (Wildman–Crippen MR) is 83.3 cm³/mol. The molecular weight excluding hydrogens is 292 g/mol. The Morgan fingerprint density at radius 3 is 2.35 bits per heavy atom. The van der Waals surface area contributed by atoms with Crippen LogP contribution in [0.25, 0.3) is 0 Å². The van der Waals surface area contributed by atoms with Crippen molar-refractivity contribution in [2.75, 3.05) is 12.8 Å². The molecule has 1 aromatic heterocycles. The normalized spacial score (nSPS) is 12.0. The molecule has 0 amide bonds. The molecule has 2 rings (SSSR count). The zero-order valence-electron chi connectivity index (χ0n) is 11.8. The first-order valence-electron chi connectivity index (χ1n) is 6.18. The molecule has 0 aliphatic rings. The van der Waals surface area contributed by atoms with Crippen molar-refractivity contribution in [3.05, 3.63) is 45.6 Å². The van der Waals surface area contributed by atoms with Crippen LogP contribution < -0.4 is 5.73 Å². The van der Waals surface area contributed by atoms with Crippen LogP contribution >= 0.6 is 11.3 Å². The largest absolute Gasteiger partial charge is 0.399 e. The van der Waals surface area contributed by atoms with Gasteiger partial charge in [0.2, 0.25) is 10.0 Å². The molecule has 108 valence electrons. The molecule has 2 aromatic rings. The number of nitrogen functional groups attached to an aromatic ring is 1. The molecule has 0 spiro atoms. The van der Waals surface area contributed by atoms with Crippen LogP contribution in [0.2, 0.25) is 0 Å². The van der Waals surface area contributed by atoms with Crippen molar-refractivity contribution < 1.29 is 8.42 Å². The van der Waals surface area contributed by atoms with E-state index < -0.39 is 10.0 Å². The summed E-state index contributed by atoms with van der Waals surface area (Å²) in [7, 11) is -1.91. The molecule has 1 aromatic carbocycles. The second-order valence-electron chi connectivity index (χ2n) is 4.82.